The Hall–Kier alpha value is -4.66. The Morgan fingerprint density at radius 1 is 0.889 bits per heavy atom. The number of nitrogens with one attached hydrogen (secondary N) is 1. The maximum Gasteiger partial charge on any atom is 0.250 e. The zero-order chi connectivity index (χ0) is 30.8. The molecular formula is C37H37N5O2S. The predicted molar refractivity (Wildman–Crippen MR) is 181 cm³/mol. The van der Waals surface area contributed by atoms with Crippen LogP contribution in [0.25, 0.3) is 0 Å². The molecule has 0 saturated heterocycles. The van der Waals surface area contributed by atoms with E-state index < -0.39 is 5.91 Å². The fourth-order valence-electron chi connectivity index (χ4n) is 5.68. The standard InChI is InChI=1S/C37H37N5O2S/c38-36(43)32-19-23-42-34(32)35(45-37(42)31-18-9-21-40-26-31)30-17-7-16-29(25-30)33(28-14-5-2-6-15-28)41-44-24-10-22-39-20-8-13-27-11-3-1-4-12-27/h1-7,9,11-12,14-19,21,23,25-26,35,37,39H,8,10,13,20,22,24H2,(H2,38,43). The maximum atomic E-state index is 12.5. The Morgan fingerprint density at radius 2 is 1.64 bits per heavy atom. The van der Waals surface area contributed by atoms with E-state index in [2.05, 4.69) is 74.6 Å². The number of pyridine rings is 1. The lowest BCUT2D eigenvalue weighted by atomic mass is 9.98. The molecule has 2 unspecified atom stereocenters. The van der Waals surface area contributed by atoms with Crippen LogP contribution in [-0.2, 0) is 11.3 Å². The lowest BCUT2D eigenvalue weighted by molar-refractivity contribution is 0.0999. The average Bonchev–Trinajstić information content (AvgIpc) is 3.68. The molecule has 0 radical (unpaired) electrons. The van der Waals surface area contributed by atoms with Crippen LogP contribution in [0, 0.1) is 0 Å². The van der Waals surface area contributed by atoms with Crippen molar-refractivity contribution in [1.29, 1.82) is 0 Å². The Bertz CT molecular complexity index is 1720. The Morgan fingerprint density at radius 3 is 2.42 bits per heavy atom. The molecule has 0 spiro atoms. The van der Waals surface area contributed by atoms with E-state index in [-0.39, 0.29) is 10.6 Å². The van der Waals surface area contributed by atoms with Crippen LogP contribution in [0.5, 0.6) is 0 Å². The number of benzene rings is 3. The van der Waals surface area contributed by atoms with Gasteiger partial charge in [-0.15, -0.1) is 11.8 Å². The van der Waals surface area contributed by atoms with Crippen molar-refractivity contribution in [3.8, 4) is 0 Å². The van der Waals surface area contributed by atoms with Gasteiger partial charge < -0.3 is 20.5 Å². The molecule has 8 heteroatoms. The first-order valence-electron chi connectivity index (χ1n) is 15.4. The summed E-state index contributed by atoms with van der Waals surface area (Å²) in [6.07, 6.45) is 8.64. The SMILES string of the molecule is NC(=O)c1ccn2c1C(c1cccc(C(=NOCCCNCCCc3ccccc3)c3ccccc3)c1)SC2c1cccnc1. The number of carbonyl (C=O) groups excluding carboxylic acids is 1. The van der Waals surface area contributed by atoms with E-state index in [0.29, 0.717) is 12.2 Å². The molecule has 3 N–H and O–H groups in total. The van der Waals surface area contributed by atoms with Gasteiger partial charge in [0.05, 0.1) is 10.8 Å². The lowest BCUT2D eigenvalue weighted by Crippen LogP contribution is -2.18. The van der Waals surface area contributed by atoms with Gasteiger partial charge in [0.2, 0.25) is 0 Å². The number of fused-ring (bicyclic) bond motifs is 1. The number of amides is 1. The fraction of sp³-hybridized carbons (Fsp3) is 0.216. The summed E-state index contributed by atoms with van der Waals surface area (Å²) in [6, 6.07) is 34.8. The van der Waals surface area contributed by atoms with Crippen molar-refractivity contribution in [3.63, 3.8) is 0 Å². The van der Waals surface area contributed by atoms with E-state index in [1.807, 2.05) is 60.9 Å². The first kappa shape index (κ1) is 30.4. The third kappa shape index (κ3) is 7.36. The monoisotopic (exact) mass is 615 g/mol. The van der Waals surface area contributed by atoms with Crippen LogP contribution in [0.15, 0.2) is 127 Å². The van der Waals surface area contributed by atoms with Gasteiger partial charge in [-0.25, -0.2) is 0 Å². The van der Waals surface area contributed by atoms with Crippen molar-refractivity contribution in [1.82, 2.24) is 14.9 Å². The minimum atomic E-state index is -0.428. The zero-order valence-corrected chi connectivity index (χ0v) is 25.9. The highest BCUT2D eigenvalue weighted by atomic mass is 32.2. The zero-order valence-electron chi connectivity index (χ0n) is 25.1. The Balaban J connectivity index is 1.16. The van der Waals surface area contributed by atoms with Gasteiger partial charge in [-0.1, -0.05) is 90.1 Å². The molecule has 3 heterocycles. The molecule has 7 nitrogen and oxygen atoms in total. The van der Waals surface area contributed by atoms with E-state index in [1.54, 1.807) is 18.0 Å². The minimum Gasteiger partial charge on any atom is -0.395 e. The number of rotatable bonds is 14. The number of aryl methyl sites for hydroxylation is 1. The van der Waals surface area contributed by atoms with Gasteiger partial charge in [0.15, 0.2) is 0 Å². The third-order valence-corrected chi connectivity index (χ3v) is 9.40. The first-order valence-corrected chi connectivity index (χ1v) is 16.3. The third-order valence-electron chi connectivity index (χ3n) is 7.87. The van der Waals surface area contributed by atoms with Gasteiger partial charge in [0.25, 0.3) is 5.91 Å². The van der Waals surface area contributed by atoms with Crippen LogP contribution in [0.2, 0.25) is 0 Å². The number of primary amides is 1. The largest absolute Gasteiger partial charge is 0.395 e. The maximum absolute atomic E-state index is 12.5. The van der Waals surface area contributed by atoms with Crippen LogP contribution in [-0.4, -0.2) is 40.9 Å². The smallest absolute Gasteiger partial charge is 0.250 e. The molecule has 0 aliphatic carbocycles. The second kappa shape index (κ2) is 14.9. The van der Waals surface area contributed by atoms with Crippen LogP contribution in [0.3, 0.4) is 0 Å². The molecule has 0 fully saturated rings. The van der Waals surface area contributed by atoms with Crippen molar-refractivity contribution < 1.29 is 9.63 Å². The molecule has 1 aliphatic rings. The molecule has 2 aromatic heterocycles. The number of aromatic nitrogens is 2. The van der Waals surface area contributed by atoms with Crippen molar-refractivity contribution in [3.05, 3.63) is 161 Å². The highest BCUT2D eigenvalue weighted by Crippen LogP contribution is 2.53. The Kier molecular flexibility index (Phi) is 10.0. The molecule has 3 aromatic carbocycles. The fourth-order valence-corrected chi connectivity index (χ4v) is 7.23. The number of thioether (sulfide) groups is 1. The molecule has 228 valence electrons. The number of oxime groups is 1. The van der Waals surface area contributed by atoms with Gasteiger partial charge in [0, 0.05) is 41.0 Å². The number of carbonyl (C=O) groups is 1. The number of nitrogens with zero attached hydrogens (tertiary/aromatic N) is 3. The summed E-state index contributed by atoms with van der Waals surface area (Å²) in [6.45, 7) is 2.36. The minimum absolute atomic E-state index is 0.0204. The quantitative estimate of drug-likeness (QED) is 0.0819. The highest BCUT2D eigenvalue weighted by molar-refractivity contribution is 8.00. The van der Waals surface area contributed by atoms with Crippen LogP contribution < -0.4 is 11.1 Å². The van der Waals surface area contributed by atoms with Gasteiger partial charge >= 0.3 is 0 Å². The van der Waals surface area contributed by atoms with Gasteiger partial charge in [0.1, 0.15) is 17.7 Å². The normalized spacial score (nSPS) is 16.0. The van der Waals surface area contributed by atoms with Crippen molar-refractivity contribution in [2.24, 2.45) is 10.9 Å². The molecule has 6 rings (SSSR count). The number of hydrogen-bond donors (Lipinski definition) is 2. The molecule has 5 aromatic rings. The van der Waals surface area contributed by atoms with Gasteiger partial charge in [-0.05, 0) is 61.7 Å². The van der Waals surface area contributed by atoms with Gasteiger partial charge in [-0.3, -0.25) is 9.78 Å². The van der Waals surface area contributed by atoms with Crippen molar-refractivity contribution in [2.75, 3.05) is 19.7 Å². The molecule has 1 aliphatic heterocycles. The summed E-state index contributed by atoms with van der Waals surface area (Å²) < 4.78 is 2.14. The van der Waals surface area contributed by atoms with Crippen LogP contribution in [0.1, 0.15) is 67.3 Å². The van der Waals surface area contributed by atoms with Crippen LogP contribution >= 0.6 is 11.8 Å². The van der Waals surface area contributed by atoms with E-state index in [4.69, 9.17) is 10.6 Å². The average molecular weight is 616 g/mol. The van der Waals surface area contributed by atoms with E-state index in [0.717, 1.165) is 66.0 Å². The van der Waals surface area contributed by atoms with Crippen LogP contribution in [0.4, 0.5) is 0 Å². The summed E-state index contributed by atoms with van der Waals surface area (Å²) in [7, 11) is 0. The highest BCUT2D eigenvalue weighted by Gasteiger charge is 2.37. The molecule has 1 amide bonds. The predicted octanol–water partition coefficient (Wildman–Crippen LogP) is 6.75. The lowest BCUT2D eigenvalue weighted by Gasteiger charge is -2.15. The van der Waals surface area contributed by atoms with Crippen molar-refractivity contribution in [2.45, 2.75) is 29.9 Å². The second-order valence-electron chi connectivity index (χ2n) is 11.0. The summed E-state index contributed by atoms with van der Waals surface area (Å²) >= 11 is 1.77. The first-order chi connectivity index (χ1) is 22.2. The summed E-state index contributed by atoms with van der Waals surface area (Å²) in [4.78, 5) is 22.7. The number of hydrogen-bond acceptors (Lipinski definition) is 6. The van der Waals surface area contributed by atoms with E-state index >= 15 is 0 Å². The molecular weight excluding hydrogens is 579 g/mol. The van der Waals surface area contributed by atoms with Gasteiger partial charge in [-0.2, -0.15) is 0 Å². The molecule has 45 heavy (non-hydrogen) atoms. The summed E-state index contributed by atoms with van der Waals surface area (Å²) in [5.41, 5.74) is 13.5. The van der Waals surface area contributed by atoms with Crippen molar-refractivity contribution >= 4 is 23.4 Å². The summed E-state index contributed by atoms with van der Waals surface area (Å²) in [5.74, 6) is -0.428. The molecule has 0 saturated carbocycles. The number of nitrogens with two attached hydrogens (primary N) is 1. The Labute approximate surface area is 268 Å². The summed E-state index contributed by atoms with van der Waals surface area (Å²) in [5, 5.41) is 8.03. The second-order valence-corrected chi connectivity index (χ2v) is 12.2. The topological polar surface area (TPSA) is 94.5 Å². The van der Waals surface area contributed by atoms with E-state index in [1.165, 1.54) is 5.56 Å². The van der Waals surface area contributed by atoms with E-state index in [9.17, 15) is 4.79 Å². The molecule has 2 atom stereocenters. The molecule has 0 bridgehead atoms.